The molecule has 0 fully saturated rings. The number of nitrogens with zero attached hydrogens (tertiary/aromatic N) is 3. The number of anilines is 1. The van der Waals surface area contributed by atoms with Gasteiger partial charge >= 0.3 is 6.03 Å². The summed E-state index contributed by atoms with van der Waals surface area (Å²) in [5.74, 6) is -1.84. The molecule has 0 aromatic heterocycles. The van der Waals surface area contributed by atoms with Gasteiger partial charge in [0, 0.05) is 11.1 Å². The molecule has 1 atom stereocenters. The first-order valence-electron chi connectivity index (χ1n) is 8.59. The number of fused-ring (bicyclic) bond motifs is 1. The zero-order valence-electron chi connectivity index (χ0n) is 15.3. The van der Waals surface area contributed by atoms with Crippen LogP contribution in [0.25, 0.3) is 0 Å². The number of benzene rings is 2. The van der Waals surface area contributed by atoms with Gasteiger partial charge in [0.25, 0.3) is 0 Å². The van der Waals surface area contributed by atoms with Crippen LogP contribution in [0.5, 0.6) is 0 Å². The van der Waals surface area contributed by atoms with Crippen molar-refractivity contribution in [1.82, 2.24) is 10.2 Å². The highest BCUT2D eigenvalue weighted by atomic mass is 19.1. The highest BCUT2D eigenvalue weighted by Gasteiger charge is 2.27. The third-order valence-electron chi connectivity index (χ3n) is 4.51. The Bertz CT molecular complexity index is 1090. The van der Waals surface area contributed by atoms with Crippen molar-refractivity contribution in [2.75, 3.05) is 11.9 Å². The predicted octanol–water partition coefficient (Wildman–Crippen LogP) is 2.93. The molecule has 0 aliphatic carbocycles. The van der Waals surface area contributed by atoms with Crippen LogP contribution in [-0.4, -0.2) is 23.4 Å². The summed E-state index contributed by atoms with van der Waals surface area (Å²) in [6.07, 6.45) is 0. The van der Waals surface area contributed by atoms with Gasteiger partial charge in [-0.25, -0.2) is 13.6 Å². The summed E-state index contributed by atoms with van der Waals surface area (Å²) in [4.78, 5) is 25.7. The molecule has 2 aromatic carbocycles. The van der Waals surface area contributed by atoms with Crippen LogP contribution in [0.4, 0.5) is 19.3 Å². The van der Waals surface area contributed by atoms with Gasteiger partial charge in [0.2, 0.25) is 5.91 Å². The maximum Gasteiger partial charge on any atom is 0.322 e. The van der Waals surface area contributed by atoms with E-state index in [-0.39, 0.29) is 41.0 Å². The molecule has 29 heavy (non-hydrogen) atoms. The first kappa shape index (κ1) is 19.8. The number of amides is 3. The van der Waals surface area contributed by atoms with E-state index >= 15 is 0 Å². The molecule has 1 aliphatic rings. The number of nitrogens with one attached hydrogen (secondary N) is 2. The van der Waals surface area contributed by atoms with Gasteiger partial charge in [-0.1, -0.05) is 6.07 Å². The molecule has 1 aliphatic heterocycles. The minimum absolute atomic E-state index is 0.0750. The normalized spacial score (nSPS) is 13.6. The van der Waals surface area contributed by atoms with Crippen LogP contribution in [0, 0.1) is 34.3 Å². The monoisotopic (exact) mass is 395 g/mol. The number of urea groups is 1. The Kier molecular flexibility index (Phi) is 5.42. The first-order valence-corrected chi connectivity index (χ1v) is 8.59. The Morgan fingerprint density at radius 1 is 1.21 bits per heavy atom. The van der Waals surface area contributed by atoms with Crippen molar-refractivity contribution in [3.8, 4) is 12.1 Å². The van der Waals surface area contributed by atoms with Gasteiger partial charge in [-0.05, 0) is 31.2 Å². The number of nitriles is 2. The molecule has 0 spiro atoms. The van der Waals surface area contributed by atoms with E-state index in [0.717, 1.165) is 17.0 Å². The molecule has 3 amide bonds. The average molecular weight is 395 g/mol. The van der Waals surface area contributed by atoms with Crippen LogP contribution in [0.1, 0.15) is 35.2 Å². The first-order chi connectivity index (χ1) is 13.8. The van der Waals surface area contributed by atoms with Gasteiger partial charge in [0.05, 0.1) is 41.5 Å². The van der Waals surface area contributed by atoms with Gasteiger partial charge in [-0.2, -0.15) is 10.5 Å². The van der Waals surface area contributed by atoms with Crippen LogP contribution in [-0.2, 0) is 11.3 Å². The number of hydrogen-bond donors (Lipinski definition) is 2. The van der Waals surface area contributed by atoms with Crippen molar-refractivity contribution in [1.29, 1.82) is 10.5 Å². The van der Waals surface area contributed by atoms with Crippen LogP contribution in [0.2, 0.25) is 0 Å². The largest absolute Gasteiger partial charge is 0.348 e. The quantitative estimate of drug-likeness (QED) is 0.829. The van der Waals surface area contributed by atoms with E-state index in [1.807, 2.05) is 12.1 Å². The van der Waals surface area contributed by atoms with Gasteiger partial charge in [0.1, 0.15) is 18.2 Å². The standard InChI is InChI=1S/C20H15F2N5O2/c1-11(14-3-2-12(7-23)4-16(14)21)25-19(28)10-27-9-15-17(22)5-13(8-24)6-18(15)26-20(27)29/h2-6,11H,9-10H2,1H3,(H,25,28)(H,26,29)/t11-/m0/s1. The van der Waals surface area contributed by atoms with Gasteiger partial charge in [-0.3, -0.25) is 4.79 Å². The maximum absolute atomic E-state index is 14.2. The van der Waals surface area contributed by atoms with E-state index in [0.29, 0.717) is 0 Å². The summed E-state index contributed by atoms with van der Waals surface area (Å²) in [5, 5.41) is 22.7. The SMILES string of the molecule is C[C@H](NC(=O)CN1Cc2c(F)cc(C#N)cc2NC1=O)c1ccc(C#N)cc1F. The number of carbonyl (C=O) groups excluding carboxylic acids is 2. The Morgan fingerprint density at radius 3 is 2.55 bits per heavy atom. The average Bonchev–Trinajstić information content (AvgIpc) is 2.68. The van der Waals surface area contributed by atoms with Crippen molar-refractivity contribution < 1.29 is 18.4 Å². The second-order valence-corrected chi connectivity index (χ2v) is 6.52. The predicted molar refractivity (Wildman–Crippen MR) is 98.2 cm³/mol. The Labute approximate surface area is 165 Å². The number of rotatable bonds is 4. The molecule has 0 radical (unpaired) electrons. The summed E-state index contributed by atoms with van der Waals surface area (Å²) in [6, 6.07) is 8.66. The Balaban J connectivity index is 1.69. The van der Waals surface area contributed by atoms with E-state index < -0.39 is 29.6 Å². The molecule has 0 bridgehead atoms. The molecule has 146 valence electrons. The summed E-state index contributed by atoms with van der Waals surface area (Å²) >= 11 is 0. The topological polar surface area (TPSA) is 109 Å². The molecular formula is C20H15F2N5O2. The molecule has 0 unspecified atom stereocenters. The van der Waals surface area contributed by atoms with Gasteiger partial charge in [0.15, 0.2) is 0 Å². The van der Waals surface area contributed by atoms with E-state index in [1.165, 1.54) is 18.2 Å². The smallest absolute Gasteiger partial charge is 0.322 e. The lowest BCUT2D eigenvalue weighted by atomic mass is 10.1. The van der Waals surface area contributed by atoms with Crippen LogP contribution >= 0.6 is 0 Å². The Hall–Kier alpha value is -3.98. The number of halogens is 2. The molecule has 9 heteroatoms. The Morgan fingerprint density at radius 2 is 1.90 bits per heavy atom. The fraction of sp³-hybridized carbons (Fsp3) is 0.200. The molecular weight excluding hydrogens is 380 g/mol. The maximum atomic E-state index is 14.2. The van der Waals surface area contributed by atoms with E-state index in [9.17, 15) is 18.4 Å². The fourth-order valence-electron chi connectivity index (χ4n) is 3.04. The number of hydrogen-bond acceptors (Lipinski definition) is 4. The minimum atomic E-state index is -0.703. The molecule has 7 nitrogen and oxygen atoms in total. The van der Waals surface area contributed by atoms with Gasteiger partial charge < -0.3 is 15.5 Å². The molecule has 3 rings (SSSR count). The highest BCUT2D eigenvalue weighted by molar-refractivity contribution is 5.95. The lowest BCUT2D eigenvalue weighted by molar-refractivity contribution is -0.122. The van der Waals surface area contributed by atoms with Crippen LogP contribution in [0.3, 0.4) is 0 Å². The van der Waals surface area contributed by atoms with E-state index in [2.05, 4.69) is 10.6 Å². The lowest BCUT2D eigenvalue weighted by Gasteiger charge is -2.29. The second kappa shape index (κ2) is 7.95. The highest BCUT2D eigenvalue weighted by Crippen LogP contribution is 2.27. The molecule has 2 N–H and O–H groups in total. The zero-order chi connectivity index (χ0) is 21.1. The van der Waals surface area contributed by atoms with E-state index in [1.54, 1.807) is 6.92 Å². The summed E-state index contributed by atoms with van der Waals surface area (Å²) in [5.41, 5.74) is 0.792. The van der Waals surface area contributed by atoms with Crippen molar-refractivity contribution in [3.63, 3.8) is 0 Å². The van der Waals surface area contributed by atoms with Crippen molar-refractivity contribution in [2.45, 2.75) is 19.5 Å². The number of carbonyl (C=O) groups is 2. The van der Waals surface area contributed by atoms with E-state index in [4.69, 9.17) is 10.5 Å². The molecule has 0 saturated heterocycles. The molecule has 1 heterocycles. The van der Waals surface area contributed by atoms with Crippen LogP contribution < -0.4 is 10.6 Å². The summed E-state index contributed by atoms with van der Waals surface area (Å²) in [7, 11) is 0. The third-order valence-corrected chi connectivity index (χ3v) is 4.51. The van der Waals surface area contributed by atoms with Crippen LogP contribution in [0.15, 0.2) is 30.3 Å². The second-order valence-electron chi connectivity index (χ2n) is 6.52. The summed E-state index contributed by atoms with van der Waals surface area (Å²) in [6.45, 7) is 1.05. The van der Waals surface area contributed by atoms with Gasteiger partial charge in [-0.15, -0.1) is 0 Å². The molecule has 2 aromatic rings. The fourth-order valence-corrected chi connectivity index (χ4v) is 3.04. The van der Waals surface area contributed by atoms with Crippen molar-refractivity contribution in [2.24, 2.45) is 0 Å². The van der Waals surface area contributed by atoms with Crippen molar-refractivity contribution >= 4 is 17.6 Å². The third kappa shape index (κ3) is 4.14. The summed E-state index contributed by atoms with van der Waals surface area (Å²) < 4.78 is 28.3. The lowest BCUT2D eigenvalue weighted by Crippen LogP contribution is -2.45. The minimum Gasteiger partial charge on any atom is -0.348 e. The zero-order valence-corrected chi connectivity index (χ0v) is 15.3. The van der Waals surface area contributed by atoms with Crippen molar-refractivity contribution in [3.05, 3.63) is 64.2 Å². The molecule has 0 saturated carbocycles.